The van der Waals surface area contributed by atoms with Crippen molar-refractivity contribution in [1.82, 2.24) is 0 Å². The first kappa shape index (κ1) is 13.8. The molecule has 0 atom stereocenters. The molecule has 0 fully saturated rings. The van der Waals surface area contributed by atoms with Gasteiger partial charge in [0.1, 0.15) is 5.76 Å². The van der Waals surface area contributed by atoms with Gasteiger partial charge in [-0.15, -0.1) is 0 Å². The summed E-state index contributed by atoms with van der Waals surface area (Å²) in [6.07, 6.45) is 3.03. The van der Waals surface area contributed by atoms with E-state index in [2.05, 4.69) is 0 Å². The second kappa shape index (κ2) is 6.48. The highest BCUT2D eigenvalue weighted by Gasteiger charge is 2.12. The van der Waals surface area contributed by atoms with E-state index in [1.807, 2.05) is 37.3 Å². The molecule has 0 saturated carbocycles. The van der Waals surface area contributed by atoms with Gasteiger partial charge in [-0.05, 0) is 36.8 Å². The summed E-state index contributed by atoms with van der Waals surface area (Å²) in [7, 11) is 1.59. The molecular formula is C16H15NO3. The molecule has 0 saturated heterocycles. The maximum absolute atomic E-state index is 8.95. The monoisotopic (exact) mass is 269 g/mol. The Morgan fingerprint density at radius 1 is 1.35 bits per heavy atom. The Kier molecular flexibility index (Phi) is 4.46. The molecule has 2 aromatic rings. The van der Waals surface area contributed by atoms with Gasteiger partial charge in [-0.1, -0.05) is 6.07 Å². The molecule has 0 unspecified atom stereocenters. The van der Waals surface area contributed by atoms with E-state index >= 15 is 0 Å². The maximum Gasteiger partial charge on any atom is 0.161 e. The second-order valence-corrected chi connectivity index (χ2v) is 3.96. The van der Waals surface area contributed by atoms with E-state index in [1.165, 1.54) is 6.08 Å². The Labute approximate surface area is 117 Å². The Balaban J connectivity index is 2.48. The van der Waals surface area contributed by atoms with Crippen LogP contribution in [0.25, 0.3) is 5.57 Å². The number of hydrogen-bond acceptors (Lipinski definition) is 4. The summed E-state index contributed by atoms with van der Waals surface area (Å²) in [5.74, 6) is 1.94. The summed E-state index contributed by atoms with van der Waals surface area (Å²) in [5, 5.41) is 8.95. The lowest BCUT2D eigenvalue weighted by atomic mass is 10.0. The Bertz CT molecular complexity index is 636. The van der Waals surface area contributed by atoms with Gasteiger partial charge in [0.25, 0.3) is 0 Å². The molecule has 0 spiro atoms. The van der Waals surface area contributed by atoms with Crippen LogP contribution in [-0.2, 0) is 0 Å². The van der Waals surface area contributed by atoms with E-state index in [9.17, 15) is 0 Å². The van der Waals surface area contributed by atoms with E-state index in [-0.39, 0.29) is 0 Å². The molecule has 102 valence electrons. The van der Waals surface area contributed by atoms with Crippen LogP contribution in [0.15, 0.2) is 47.1 Å². The molecular weight excluding hydrogens is 254 g/mol. The predicted molar refractivity (Wildman–Crippen MR) is 75.6 cm³/mol. The van der Waals surface area contributed by atoms with Crippen molar-refractivity contribution in [2.45, 2.75) is 6.92 Å². The number of nitriles is 1. The zero-order valence-electron chi connectivity index (χ0n) is 11.4. The van der Waals surface area contributed by atoms with Crippen molar-refractivity contribution in [2.75, 3.05) is 13.7 Å². The number of furan rings is 1. The highest BCUT2D eigenvalue weighted by molar-refractivity contribution is 5.79. The van der Waals surface area contributed by atoms with E-state index in [4.69, 9.17) is 19.2 Å². The van der Waals surface area contributed by atoms with E-state index in [0.717, 1.165) is 5.56 Å². The number of nitrogens with zero attached hydrogens (tertiary/aromatic N) is 1. The van der Waals surface area contributed by atoms with Crippen LogP contribution in [0, 0.1) is 11.3 Å². The number of rotatable bonds is 5. The predicted octanol–water partition coefficient (Wildman–Crippen LogP) is 3.64. The van der Waals surface area contributed by atoms with E-state index in [1.54, 1.807) is 19.4 Å². The van der Waals surface area contributed by atoms with Crippen molar-refractivity contribution in [3.63, 3.8) is 0 Å². The minimum Gasteiger partial charge on any atom is -0.493 e. The minimum atomic E-state index is 0.540. The van der Waals surface area contributed by atoms with Gasteiger partial charge in [0.05, 0.1) is 26.0 Å². The zero-order chi connectivity index (χ0) is 14.4. The summed E-state index contributed by atoms with van der Waals surface area (Å²) in [6.45, 7) is 2.45. The molecule has 0 N–H and O–H groups in total. The molecule has 1 aromatic carbocycles. The summed E-state index contributed by atoms with van der Waals surface area (Å²) in [4.78, 5) is 0. The molecule has 0 radical (unpaired) electrons. The van der Waals surface area contributed by atoms with Crippen LogP contribution in [0.2, 0.25) is 0 Å². The van der Waals surface area contributed by atoms with Gasteiger partial charge in [-0.3, -0.25) is 0 Å². The summed E-state index contributed by atoms with van der Waals surface area (Å²) < 4.78 is 16.2. The van der Waals surface area contributed by atoms with Crippen LogP contribution < -0.4 is 9.47 Å². The third-order valence-corrected chi connectivity index (χ3v) is 2.77. The van der Waals surface area contributed by atoms with Crippen molar-refractivity contribution in [3.8, 4) is 17.6 Å². The summed E-state index contributed by atoms with van der Waals surface area (Å²) in [5.41, 5.74) is 1.55. The van der Waals surface area contributed by atoms with Crippen LogP contribution in [0.3, 0.4) is 0 Å². The van der Waals surface area contributed by atoms with Crippen molar-refractivity contribution >= 4 is 5.57 Å². The SMILES string of the molecule is CCOc1cc(C(=CC#N)c2ccco2)ccc1OC. The van der Waals surface area contributed by atoms with Crippen LogP contribution >= 0.6 is 0 Å². The standard InChI is InChI=1S/C16H15NO3/c1-3-19-16-11-12(6-7-15(16)18-2)13(8-9-17)14-5-4-10-20-14/h4-8,10-11H,3H2,1-2H3. The number of hydrogen-bond donors (Lipinski definition) is 0. The van der Waals surface area contributed by atoms with Crippen LogP contribution in [0.5, 0.6) is 11.5 Å². The van der Waals surface area contributed by atoms with Crippen molar-refractivity contribution in [1.29, 1.82) is 5.26 Å². The first-order valence-corrected chi connectivity index (χ1v) is 6.25. The molecule has 20 heavy (non-hydrogen) atoms. The largest absolute Gasteiger partial charge is 0.493 e. The van der Waals surface area contributed by atoms with E-state index in [0.29, 0.717) is 29.4 Å². The topological polar surface area (TPSA) is 55.4 Å². The first-order valence-electron chi connectivity index (χ1n) is 6.25. The minimum absolute atomic E-state index is 0.540. The fourth-order valence-corrected chi connectivity index (χ4v) is 1.91. The smallest absolute Gasteiger partial charge is 0.161 e. The molecule has 1 heterocycles. The average Bonchev–Trinajstić information content (AvgIpc) is 2.99. The van der Waals surface area contributed by atoms with Gasteiger partial charge in [0.2, 0.25) is 0 Å². The van der Waals surface area contributed by atoms with Gasteiger partial charge in [0, 0.05) is 11.6 Å². The van der Waals surface area contributed by atoms with E-state index < -0.39 is 0 Å². The molecule has 0 bridgehead atoms. The molecule has 2 rings (SSSR count). The third-order valence-electron chi connectivity index (χ3n) is 2.77. The van der Waals surface area contributed by atoms with Crippen molar-refractivity contribution in [2.24, 2.45) is 0 Å². The molecule has 0 amide bonds. The molecule has 4 heteroatoms. The van der Waals surface area contributed by atoms with Crippen molar-refractivity contribution < 1.29 is 13.9 Å². The fourth-order valence-electron chi connectivity index (χ4n) is 1.91. The molecule has 0 aliphatic rings. The molecule has 0 aliphatic heterocycles. The number of methoxy groups -OCH3 is 1. The number of benzene rings is 1. The first-order chi connectivity index (χ1) is 9.80. The van der Waals surface area contributed by atoms with Crippen LogP contribution in [0.1, 0.15) is 18.2 Å². The highest BCUT2D eigenvalue weighted by atomic mass is 16.5. The Hall–Kier alpha value is -2.67. The van der Waals surface area contributed by atoms with Gasteiger partial charge in [-0.2, -0.15) is 5.26 Å². The molecule has 0 aliphatic carbocycles. The number of ether oxygens (including phenoxy) is 2. The van der Waals surface area contributed by atoms with Crippen molar-refractivity contribution in [3.05, 3.63) is 54.0 Å². The van der Waals surface area contributed by atoms with Gasteiger partial charge >= 0.3 is 0 Å². The van der Waals surface area contributed by atoms with Crippen LogP contribution in [-0.4, -0.2) is 13.7 Å². The lowest BCUT2D eigenvalue weighted by molar-refractivity contribution is 0.311. The average molecular weight is 269 g/mol. The number of allylic oxidation sites excluding steroid dienone is 1. The second-order valence-electron chi connectivity index (χ2n) is 3.96. The fraction of sp³-hybridized carbons (Fsp3) is 0.188. The third kappa shape index (κ3) is 2.83. The Morgan fingerprint density at radius 2 is 2.20 bits per heavy atom. The lowest BCUT2D eigenvalue weighted by Crippen LogP contribution is -1.97. The molecule has 1 aromatic heterocycles. The van der Waals surface area contributed by atoms with Gasteiger partial charge in [-0.25, -0.2) is 0 Å². The quantitative estimate of drug-likeness (QED) is 0.777. The van der Waals surface area contributed by atoms with Crippen LogP contribution in [0.4, 0.5) is 0 Å². The lowest BCUT2D eigenvalue weighted by Gasteiger charge is -2.11. The Morgan fingerprint density at radius 3 is 2.80 bits per heavy atom. The molecule has 4 nitrogen and oxygen atoms in total. The van der Waals surface area contributed by atoms with Gasteiger partial charge in [0.15, 0.2) is 11.5 Å². The summed E-state index contributed by atoms with van der Waals surface area (Å²) in [6, 6.07) is 11.2. The van der Waals surface area contributed by atoms with Gasteiger partial charge < -0.3 is 13.9 Å². The highest BCUT2D eigenvalue weighted by Crippen LogP contribution is 2.33. The maximum atomic E-state index is 8.95. The normalized spacial score (nSPS) is 10.9. The zero-order valence-corrected chi connectivity index (χ0v) is 11.4. The summed E-state index contributed by atoms with van der Waals surface area (Å²) >= 11 is 0.